The van der Waals surface area contributed by atoms with Crippen molar-refractivity contribution < 1.29 is 9.90 Å². The van der Waals surface area contributed by atoms with Crippen molar-refractivity contribution in [3.63, 3.8) is 0 Å². The smallest absolute Gasteiger partial charge is 0.221 e. The Kier molecular flexibility index (Phi) is 4.11. The summed E-state index contributed by atoms with van der Waals surface area (Å²) in [5.41, 5.74) is 4.64. The van der Waals surface area contributed by atoms with E-state index in [2.05, 4.69) is 4.90 Å². The summed E-state index contributed by atoms with van der Waals surface area (Å²) < 4.78 is 0. The van der Waals surface area contributed by atoms with Crippen molar-refractivity contribution in [2.75, 3.05) is 19.6 Å². The fourth-order valence-corrected chi connectivity index (χ4v) is 2.02. The van der Waals surface area contributed by atoms with Crippen LogP contribution in [-0.2, 0) is 4.79 Å². The highest BCUT2D eigenvalue weighted by Crippen LogP contribution is 2.19. The first-order chi connectivity index (χ1) is 6.94. The number of nitrogens with zero attached hydrogens (tertiary/aromatic N) is 1. The number of piperidine rings is 1. The zero-order valence-electron chi connectivity index (χ0n) is 9.70. The van der Waals surface area contributed by atoms with Crippen LogP contribution in [0.3, 0.4) is 0 Å². The van der Waals surface area contributed by atoms with Gasteiger partial charge in [-0.15, -0.1) is 0 Å². The van der Waals surface area contributed by atoms with Crippen LogP contribution >= 0.6 is 0 Å². The number of β-amino-alcohol motifs (C(OH)–C–C–N with tert-alkyl or cyclic N) is 1. The van der Waals surface area contributed by atoms with E-state index in [1.165, 1.54) is 0 Å². The molecule has 0 radical (unpaired) electrons. The second-order valence-corrected chi connectivity index (χ2v) is 4.83. The third kappa shape index (κ3) is 3.80. The lowest BCUT2D eigenvalue weighted by molar-refractivity contribution is -0.124. The van der Waals surface area contributed by atoms with Gasteiger partial charge in [-0.2, -0.15) is 0 Å². The highest BCUT2D eigenvalue weighted by molar-refractivity contribution is 5.76. The first-order valence-electron chi connectivity index (χ1n) is 5.68. The van der Waals surface area contributed by atoms with Gasteiger partial charge in [-0.25, -0.2) is 0 Å². The molecule has 1 saturated heterocycles. The van der Waals surface area contributed by atoms with E-state index in [-0.39, 0.29) is 11.8 Å². The van der Waals surface area contributed by atoms with Crippen molar-refractivity contribution in [1.29, 1.82) is 0 Å². The molecule has 3 N–H and O–H groups in total. The van der Waals surface area contributed by atoms with Gasteiger partial charge in [0, 0.05) is 13.1 Å². The third-order valence-electron chi connectivity index (χ3n) is 3.23. The molecular weight excluding hydrogens is 192 g/mol. The largest absolute Gasteiger partial charge is 0.389 e. The molecule has 1 aliphatic rings. The lowest BCUT2D eigenvalue weighted by atomic mass is 9.95. The summed E-state index contributed by atoms with van der Waals surface area (Å²) in [5.74, 6) is -0.248. The molecule has 1 amide bonds. The Morgan fingerprint density at radius 3 is 2.87 bits per heavy atom. The monoisotopic (exact) mass is 214 g/mol. The van der Waals surface area contributed by atoms with Crippen molar-refractivity contribution >= 4 is 5.91 Å². The molecule has 2 atom stereocenters. The van der Waals surface area contributed by atoms with Crippen LogP contribution in [-0.4, -0.2) is 41.1 Å². The Balaban J connectivity index is 2.46. The van der Waals surface area contributed by atoms with Gasteiger partial charge >= 0.3 is 0 Å². The Labute approximate surface area is 91.4 Å². The molecule has 88 valence electrons. The van der Waals surface area contributed by atoms with Gasteiger partial charge in [0.25, 0.3) is 0 Å². The van der Waals surface area contributed by atoms with Crippen LogP contribution < -0.4 is 5.73 Å². The molecule has 1 heterocycles. The van der Waals surface area contributed by atoms with E-state index in [1.807, 2.05) is 13.8 Å². The molecule has 15 heavy (non-hydrogen) atoms. The van der Waals surface area contributed by atoms with E-state index in [4.69, 9.17) is 5.73 Å². The number of aliphatic hydroxyl groups is 1. The van der Waals surface area contributed by atoms with Gasteiger partial charge in [0.15, 0.2) is 0 Å². The second kappa shape index (κ2) is 4.94. The lowest BCUT2D eigenvalue weighted by Gasteiger charge is -2.35. The van der Waals surface area contributed by atoms with Crippen LogP contribution in [0.2, 0.25) is 0 Å². The first kappa shape index (κ1) is 12.5. The summed E-state index contributed by atoms with van der Waals surface area (Å²) in [4.78, 5) is 13.2. The standard InChI is InChI=1S/C11H22N2O2/c1-3-11(2,15)8-13-6-4-5-9(7-13)10(12)14/h9,15H,3-8H2,1-2H3,(H2,12,14). The molecule has 0 aromatic rings. The zero-order valence-corrected chi connectivity index (χ0v) is 9.70. The highest BCUT2D eigenvalue weighted by atomic mass is 16.3. The molecule has 0 aliphatic carbocycles. The Bertz CT molecular complexity index is 229. The van der Waals surface area contributed by atoms with E-state index in [1.54, 1.807) is 0 Å². The number of likely N-dealkylation sites (tertiary alicyclic amines) is 1. The van der Waals surface area contributed by atoms with Crippen molar-refractivity contribution in [2.24, 2.45) is 11.7 Å². The summed E-state index contributed by atoms with van der Waals surface area (Å²) in [6, 6.07) is 0. The minimum Gasteiger partial charge on any atom is -0.389 e. The molecule has 0 bridgehead atoms. The van der Waals surface area contributed by atoms with Crippen molar-refractivity contribution in [3.05, 3.63) is 0 Å². The maximum absolute atomic E-state index is 11.1. The fraction of sp³-hybridized carbons (Fsp3) is 0.909. The number of nitrogens with two attached hydrogens (primary N) is 1. The Morgan fingerprint density at radius 1 is 1.67 bits per heavy atom. The Hall–Kier alpha value is -0.610. The normalized spacial score (nSPS) is 27.3. The molecule has 1 fully saturated rings. The van der Waals surface area contributed by atoms with E-state index < -0.39 is 5.60 Å². The van der Waals surface area contributed by atoms with E-state index >= 15 is 0 Å². The van der Waals surface area contributed by atoms with Crippen LogP contribution in [0.5, 0.6) is 0 Å². The molecule has 0 spiro atoms. The predicted molar refractivity (Wildman–Crippen MR) is 59.3 cm³/mol. The van der Waals surface area contributed by atoms with Crippen LogP contribution in [0.4, 0.5) is 0 Å². The molecule has 4 nitrogen and oxygen atoms in total. The van der Waals surface area contributed by atoms with Gasteiger partial charge in [-0.05, 0) is 32.7 Å². The van der Waals surface area contributed by atoms with Gasteiger partial charge in [0.05, 0.1) is 11.5 Å². The average molecular weight is 214 g/mol. The minimum absolute atomic E-state index is 0.0357. The van der Waals surface area contributed by atoms with Gasteiger partial charge < -0.3 is 10.8 Å². The molecule has 4 heteroatoms. The van der Waals surface area contributed by atoms with Gasteiger partial charge in [-0.1, -0.05) is 6.92 Å². The van der Waals surface area contributed by atoms with E-state index in [9.17, 15) is 9.90 Å². The fourth-order valence-electron chi connectivity index (χ4n) is 2.02. The number of carbonyl (C=O) groups excluding carboxylic acids is 1. The summed E-state index contributed by atoms with van der Waals surface area (Å²) in [6.07, 6.45) is 2.61. The number of hydrogen-bond donors (Lipinski definition) is 2. The van der Waals surface area contributed by atoms with Gasteiger partial charge in [0.1, 0.15) is 0 Å². The van der Waals surface area contributed by atoms with Crippen LogP contribution in [0.1, 0.15) is 33.1 Å². The maximum atomic E-state index is 11.1. The molecule has 1 aliphatic heterocycles. The number of amides is 1. The Morgan fingerprint density at radius 2 is 2.33 bits per heavy atom. The van der Waals surface area contributed by atoms with Gasteiger partial charge in [0.2, 0.25) is 5.91 Å². The molecule has 1 rings (SSSR count). The van der Waals surface area contributed by atoms with E-state index in [0.717, 1.165) is 25.8 Å². The number of primary amides is 1. The summed E-state index contributed by atoms with van der Waals surface area (Å²) >= 11 is 0. The summed E-state index contributed by atoms with van der Waals surface area (Å²) in [5, 5.41) is 9.94. The van der Waals surface area contributed by atoms with Gasteiger partial charge in [-0.3, -0.25) is 9.69 Å². The molecule has 0 aromatic heterocycles. The number of carbonyl (C=O) groups is 1. The van der Waals surface area contributed by atoms with Crippen LogP contribution in [0.15, 0.2) is 0 Å². The molecule has 0 aromatic carbocycles. The van der Waals surface area contributed by atoms with E-state index in [0.29, 0.717) is 13.1 Å². The van der Waals surface area contributed by atoms with Crippen LogP contribution in [0, 0.1) is 5.92 Å². The van der Waals surface area contributed by atoms with Crippen molar-refractivity contribution in [3.8, 4) is 0 Å². The number of hydrogen-bond acceptors (Lipinski definition) is 3. The third-order valence-corrected chi connectivity index (χ3v) is 3.23. The van der Waals surface area contributed by atoms with Crippen molar-refractivity contribution in [1.82, 2.24) is 4.90 Å². The van der Waals surface area contributed by atoms with Crippen LogP contribution in [0.25, 0.3) is 0 Å². The first-order valence-corrected chi connectivity index (χ1v) is 5.68. The van der Waals surface area contributed by atoms with Crippen molar-refractivity contribution in [2.45, 2.75) is 38.7 Å². The lowest BCUT2D eigenvalue weighted by Crippen LogP contribution is -2.47. The summed E-state index contributed by atoms with van der Waals surface area (Å²) in [6.45, 7) is 6.09. The second-order valence-electron chi connectivity index (χ2n) is 4.83. The topological polar surface area (TPSA) is 66.6 Å². The number of rotatable bonds is 4. The molecule has 0 saturated carbocycles. The average Bonchev–Trinajstić information content (AvgIpc) is 2.17. The zero-order chi connectivity index (χ0) is 11.5. The molecular formula is C11H22N2O2. The predicted octanol–water partition coefficient (Wildman–Crippen LogP) is 0.345. The summed E-state index contributed by atoms with van der Waals surface area (Å²) in [7, 11) is 0. The highest BCUT2D eigenvalue weighted by Gasteiger charge is 2.28. The SMILES string of the molecule is CCC(C)(O)CN1CCCC(C(N)=O)C1. The maximum Gasteiger partial charge on any atom is 0.221 e. The molecule has 2 unspecified atom stereocenters. The minimum atomic E-state index is -0.653. The quantitative estimate of drug-likeness (QED) is 0.709.